The topological polar surface area (TPSA) is 30.5 Å². The molecule has 0 aromatic heterocycles. The van der Waals surface area contributed by atoms with Crippen molar-refractivity contribution in [2.75, 3.05) is 33.5 Å². The van der Waals surface area contributed by atoms with Crippen molar-refractivity contribution in [1.29, 1.82) is 0 Å². The lowest BCUT2D eigenvalue weighted by molar-refractivity contribution is 0.0708. The van der Waals surface area contributed by atoms with E-state index in [-0.39, 0.29) is 0 Å². The van der Waals surface area contributed by atoms with Gasteiger partial charge in [0.25, 0.3) is 0 Å². The molecule has 0 aliphatic heterocycles. The highest BCUT2D eigenvalue weighted by Gasteiger charge is 2.17. The highest BCUT2D eigenvalue weighted by atomic mass is 16.5. The van der Waals surface area contributed by atoms with Crippen molar-refractivity contribution in [3.05, 3.63) is 0 Å². The van der Waals surface area contributed by atoms with Crippen LogP contribution in [0.25, 0.3) is 0 Å². The predicted molar refractivity (Wildman–Crippen MR) is 76.0 cm³/mol. The average molecular weight is 257 g/mol. The first-order valence-corrected chi connectivity index (χ1v) is 7.66. The van der Waals surface area contributed by atoms with Gasteiger partial charge in [-0.3, -0.25) is 0 Å². The van der Waals surface area contributed by atoms with Crippen molar-refractivity contribution < 1.29 is 9.47 Å². The maximum atomic E-state index is 5.47. The van der Waals surface area contributed by atoms with E-state index in [4.69, 9.17) is 9.47 Å². The molecule has 1 aliphatic carbocycles. The second-order valence-corrected chi connectivity index (χ2v) is 5.42. The van der Waals surface area contributed by atoms with Gasteiger partial charge in [0, 0.05) is 19.7 Å². The molecule has 3 nitrogen and oxygen atoms in total. The standard InChI is InChI=1S/C15H31NO2/c1-3-5-14-6-4-7-15(9-8-14)16-10-11-18-13-12-17-2/h14-16H,3-13H2,1-2H3. The third-order valence-electron chi connectivity index (χ3n) is 3.90. The zero-order valence-corrected chi connectivity index (χ0v) is 12.2. The largest absolute Gasteiger partial charge is 0.382 e. The summed E-state index contributed by atoms with van der Waals surface area (Å²) in [7, 11) is 1.71. The average Bonchev–Trinajstić information content (AvgIpc) is 2.60. The quantitative estimate of drug-likeness (QED) is 0.509. The summed E-state index contributed by atoms with van der Waals surface area (Å²) in [5.41, 5.74) is 0. The van der Waals surface area contributed by atoms with Crippen molar-refractivity contribution >= 4 is 0 Å². The lowest BCUT2D eigenvalue weighted by atomic mass is 9.95. The Labute approximate surface area is 113 Å². The summed E-state index contributed by atoms with van der Waals surface area (Å²) >= 11 is 0. The second kappa shape index (κ2) is 10.8. The molecular formula is C15H31NO2. The fourth-order valence-corrected chi connectivity index (χ4v) is 2.86. The van der Waals surface area contributed by atoms with Crippen molar-refractivity contribution in [1.82, 2.24) is 5.32 Å². The van der Waals surface area contributed by atoms with E-state index in [1.54, 1.807) is 7.11 Å². The zero-order valence-electron chi connectivity index (χ0n) is 12.2. The van der Waals surface area contributed by atoms with Gasteiger partial charge in [-0.25, -0.2) is 0 Å². The van der Waals surface area contributed by atoms with Crippen molar-refractivity contribution in [2.24, 2.45) is 5.92 Å². The Morgan fingerprint density at radius 3 is 2.72 bits per heavy atom. The van der Waals surface area contributed by atoms with Crippen LogP contribution in [-0.2, 0) is 9.47 Å². The van der Waals surface area contributed by atoms with E-state index in [0.717, 1.165) is 25.1 Å². The fraction of sp³-hybridized carbons (Fsp3) is 1.00. The van der Waals surface area contributed by atoms with Crippen LogP contribution >= 0.6 is 0 Å². The molecule has 1 N–H and O–H groups in total. The molecule has 18 heavy (non-hydrogen) atoms. The van der Waals surface area contributed by atoms with Gasteiger partial charge < -0.3 is 14.8 Å². The maximum Gasteiger partial charge on any atom is 0.0700 e. The molecule has 1 saturated carbocycles. The van der Waals surface area contributed by atoms with Gasteiger partial charge in [0.05, 0.1) is 19.8 Å². The molecule has 1 rings (SSSR count). The van der Waals surface area contributed by atoms with Gasteiger partial charge in [0.1, 0.15) is 0 Å². The van der Waals surface area contributed by atoms with Crippen molar-refractivity contribution in [2.45, 2.75) is 57.9 Å². The highest BCUT2D eigenvalue weighted by Crippen LogP contribution is 2.26. The molecule has 1 fully saturated rings. The Hall–Kier alpha value is -0.120. The first kappa shape index (κ1) is 15.9. The van der Waals surface area contributed by atoms with E-state index >= 15 is 0 Å². The predicted octanol–water partition coefficient (Wildman–Crippen LogP) is 2.99. The van der Waals surface area contributed by atoms with E-state index in [0.29, 0.717) is 13.2 Å². The highest BCUT2D eigenvalue weighted by molar-refractivity contribution is 4.74. The first-order chi connectivity index (χ1) is 8.86. The maximum absolute atomic E-state index is 5.47. The molecule has 1 aliphatic rings. The van der Waals surface area contributed by atoms with Crippen LogP contribution in [0.15, 0.2) is 0 Å². The summed E-state index contributed by atoms with van der Waals surface area (Å²) in [5.74, 6) is 0.986. The van der Waals surface area contributed by atoms with Crippen LogP contribution in [0.1, 0.15) is 51.9 Å². The van der Waals surface area contributed by atoms with Crippen molar-refractivity contribution in [3.63, 3.8) is 0 Å². The molecule has 0 heterocycles. The van der Waals surface area contributed by atoms with E-state index in [9.17, 15) is 0 Å². The number of nitrogens with one attached hydrogen (secondary N) is 1. The Balaban J connectivity index is 2.01. The smallest absolute Gasteiger partial charge is 0.0700 e. The van der Waals surface area contributed by atoms with Gasteiger partial charge in [0.2, 0.25) is 0 Å². The lowest BCUT2D eigenvalue weighted by Crippen LogP contribution is -2.31. The number of methoxy groups -OCH3 is 1. The second-order valence-electron chi connectivity index (χ2n) is 5.42. The Bertz CT molecular complexity index is 187. The molecule has 0 amide bonds. The van der Waals surface area contributed by atoms with Crippen LogP contribution in [0.3, 0.4) is 0 Å². The Morgan fingerprint density at radius 1 is 1.06 bits per heavy atom. The summed E-state index contributed by atoms with van der Waals surface area (Å²) in [6.45, 7) is 5.49. The summed E-state index contributed by atoms with van der Waals surface area (Å²) in [6, 6.07) is 0.720. The molecule has 0 radical (unpaired) electrons. The van der Waals surface area contributed by atoms with Crippen molar-refractivity contribution in [3.8, 4) is 0 Å². The van der Waals surface area contributed by atoms with Gasteiger partial charge >= 0.3 is 0 Å². The molecule has 0 spiro atoms. The van der Waals surface area contributed by atoms with Gasteiger partial charge in [-0.05, 0) is 25.2 Å². The summed E-state index contributed by atoms with van der Waals surface area (Å²) < 4.78 is 10.4. The third-order valence-corrected chi connectivity index (χ3v) is 3.90. The molecule has 2 unspecified atom stereocenters. The molecule has 0 bridgehead atoms. The molecular weight excluding hydrogens is 226 g/mol. The van der Waals surface area contributed by atoms with Crippen LogP contribution in [0.2, 0.25) is 0 Å². The lowest BCUT2D eigenvalue weighted by Gasteiger charge is -2.16. The summed E-state index contributed by atoms with van der Waals surface area (Å²) in [4.78, 5) is 0. The molecule has 0 aromatic carbocycles. The Kier molecular flexibility index (Phi) is 9.54. The van der Waals surface area contributed by atoms with E-state index in [1.165, 1.54) is 44.9 Å². The third kappa shape index (κ3) is 7.34. The van der Waals surface area contributed by atoms with Gasteiger partial charge in [-0.1, -0.05) is 32.6 Å². The number of rotatable bonds is 9. The molecule has 2 atom stereocenters. The van der Waals surface area contributed by atoms with Crippen LogP contribution in [0, 0.1) is 5.92 Å². The van der Waals surface area contributed by atoms with Crippen LogP contribution in [-0.4, -0.2) is 39.5 Å². The summed E-state index contributed by atoms with van der Waals surface area (Å²) in [5, 5.41) is 3.64. The monoisotopic (exact) mass is 257 g/mol. The minimum atomic E-state index is 0.697. The minimum absolute atomic E-state index is 0.697. The minimum Gasteiger partial charge on any atom is -0.382 e. The SMILES string of the molecule is CCCC1CCCC(NCCOCCOC)CC1. The van der Waals surface area contributed by atoms with E-state index in [2.05, 4.69) is 12.2 Å². The molecule has 0 aromatic rings. The number of ether oxygens (including phenoxy) is 2. The fourth-order valence-electron chi connectivity index (χ4n) is 2.86. The van der Waals surface area contributed by atoms with E-state index in [1.807, 2.05) is 0 Å². The van der Waals surface area contributed by atoms with Crippen LogP contribution in [0.5, 0.6) is 0 Å². The van der Waals surface area contributed by atoms with Crippen LogP contribution in [0.4, 0.5) is 0 Å². The number of hydrogen-bond acceptors (Lipinski definition) is 3. The van der Waals surface area contributed by atoms with Crippen LogP contribution < -0.4 is 5.32 Å². The zero-order chi connectivity index (χ0) is 13.1. The molecule has 108 valence electrons. The van der Waals surface area contributed by atoms with E-state index < -0.39 is 0 Å². The van der Waals surface area contributed by atoms with Gasteiger partial charge in [-0.15, -0.1) is 0 Å². The molecule has 3 heteroatoms. The first-order valence-electron chi connectivity index (χ1n) is 7.66. The Morgan fingerprint density at radius 2 is 1.94 bits per heavy atom. The normalized spacial score (nSPS) is 25.0. The van der Waals surface area contributed by atoms with Gasteiger partial charge in [-0.2, -0.15) is 0 Å². The van der Waals surface area contributed by atoms with Gasteiger partial charge in [0.15, 0.2) is 0 Å². The molecule has 0 saturated heterocycles. The summed E-state index contributed by atoms with van der Waals surface area (Å²) in [6.07, 6.45) is 9.71. The number of hydrogen-bond donors (Lipinski definition) is 1.